The van der Waals surface area contributed by atoms with Crippen molar-refractivity contribution in [1.82, 2.24) is 0 Å². The Hall–Kier alpha value is -1.25. The van der Waals surface area contributed by atoms with Crippen molar-refractivity contribution in [3.05, 3.63) is 23.5 Å². The monoisotopic (exact) mass is 153 g/mol. The molecule has 0 aromatic heterocycles. The minimum Gasteiger partial charge on any atom is -0.484 e. The van der Waals surface area contributed by atoms with E-state index in [9.17, 15) is 4.79 Å². The number of nitrogens with two attached hydrogens (primary N) is 1. The van der Waals surface area contributed by atoms with Crippen LogP contribution in [-0.2, 0) is 9.53 Å². The van der Waals surface area contributed by atoms with E-state index in [0.29, 0.717) is 0 Å². The number of primary amides is 1. The van der Waals surface area contributed by atoms with Gasteiger partial charge in [0.15, 0.2) is 6.10 Å². The summed E-state index contributed by atoms with van der Waals surface area (Å²) in [5, 5.41) is 0. The summed E-state index contributed by atoms with van der Waals surface area (Å²) in [7, 11) is 0. The second kappa shape index (κ2) is 2.78. The maximum absolute atomic E-state index is 10.7. The largest absolute Gasteiger partial charge is 0.484 e. The van der Waals surface area contributed by atoms with Crippen LogP contribution in [0.2, 0.25) is 0 Å². The van der Waals surface area contributed by atoms with E-state index >= 15 is 0 Å². The standard InChI is InChI=1S/C8H11NO2/c1-5-3-4-11-7(6(5)2)8(9)10/h3-4,7H,1-2H3,(H2,9,10). The summed E-state index contributed by atoms with van der Waals surface area (Å²) in [5.74, 6) is -0.439. The summed E-state index contributed by atoms with van der Waals surface area (Å²) in [6, 6.07) is 0. The van der Waals surface area contributed by atoms with E-state index in [1.54, 1.807) is 0 Å². The Bertz CT molecular complexity index is 240. The molecular weight excluding hydrogens is 142 g/mol. The van der Waals surface area contributed by atoms with E-state index in [1.165, 1.54) is 6.26 Å². The molecule has 0 saturated carbocycles. The van der Waals surface area contributed by atoms with Crippen LogP contribution in [-0.4, -0.2) is 12.0 Å². The van der Waals surface area contributed by atoms with Gasteiger partial charge in [0.2, 0.25) is 0 Å². The Morgan fingerprint density at radius 1 is 1.64 bits per heavy atom. The number of carbonyl (C=O) groups is 1. The Kier molecular flexibility index (Phi) is 1.98. The zero-order valence-electron chi connectivity index (χ0n) is 6.63. The highest BCUT2D eigenvalue weighted by atomic mass is 16.5. The number of hydrogen-bond acceptors (Lipinski definition) is 2. The average Bonchev–Trinajstić information content (AvgIpc) is 1.94. The molecule has 3 nitrogen and oxygen atoms in total. The fourth-order valence-corrected chi connectivity index (χ4v) is 0.941. The van der Waals surface area contributed by atoms with Gasteiger partial charge in [-0.05, 0) is 31.1 Å². The highest BCUT2D eigenvalue weighted by Crippen LogP contribution is 2.17. The first kappa shape index (κ1) is 7.85. The number of ether oxygens (including phenoxy) is 1. The number of carbonyl (C=O) groups excluding carboxylic acids is 1. The molecule has 1 rings (SSSR count). The molecule has 0 radical (unpaired) electrons. The van der Waals surface area contributed by atoms with Gasteiger partial charge >= 0.3 is 0 Å². The molecule has 60 valence electrons. The smallest absolute Gasteiger partial charge is 0.262 e. The predicted molar refractivity (Wildman–Crippen MR) is 41.6 cm³/mol. The van der Waals surface area contributed by atoms with Crippen LogP contribution in [0.3, 0.4) is 0 Å². The summed E-state index contributed by atoms with van der Waals surface area (Å²) in [4.78, 5) is 10.7. The van der Waals surface area contributed by atoms with Crippen LogP contribution in [0.25, 0.3) is 0 Å². The van der Waals surface area contributed by atoms with Gasteiger partial charge in [-0.2, -0.15) is 0 Å². The van der Waals surface area contributed by atoms with Crippen LogP contribution in [0, 0.1) is 0 Å². The average molecular weight is 153 g/mol. The van der Waals surface area contributed by atoms with Crippen LogP contribution < -0.4 is 5.73 Å². The Labute approximate surface area is 65.5 Å². The van der Waals surface area contributed by atoms with Gasteiger partial charge in [0.25, 0.3) is 5.91 Å². The molecule has 1 aliphatic rings. The molecule has 1 unspecified atom stereocenters. The molecule has 0 aliphatic carbocycles. The van der Waals surface area contributed by atoms with Gasteiger partial charge < -0.3 is 10.5 Å². The van der Waals surface area contributed by atoms with E-state index in [2.05, 4.69) is 0 Å². The van der Waals surface area contributed by atoms with Crippen molar-refractivity contribution < 1.29 is 9.53 Å². The van der Waals surface area contributed by atoms with Gasteiger partial charge in [0.1, 0.15) is 0 Å². The van der Waals surface area contributed by atoms with E-state index in [1.807, 2.05) is 19.9 Å². The van der Waals surface area contributed by atoms with E-state index < -0.39 is 12.0 Å². The molecule has 0 spiro atoms. The molecule has 0 aromatic rings. The normalized spacial score (nSPS) is 23.3. The van der Waals surface area contributed by atoms with Crippen LogP contribution in [0.4, 0.5) is 0 Å². The summed E-state index contributed by atoms with van der Waals surface area (Å²) >= 11 is 0. The number of rotatable bonds is 1. The highest BCUT2D eigenvalue weighted by molar-refractivity contribution is 5.82. The minimum absolute atomic E-state index is 0.439. The maximum Gasteiger partial charge on any atom is 0.262 e. The third-order valence-corrected chi connectivity index (χ3v) is 1.81. The van der Waals surface area contributed by atoms with Crippen molar-refractivity contribution >= 4 is 5.91 Å². The third-order valence-electron chi connectivity index (χ3n) is 1.81. The van der Waals surface area contributed by atoms with Crippen LogP contribution >= 0.6 is 0 Å². The molecule has 0 fully saturated rings. The first-order chi connectivity index (χ1) is 5.13. The quantitative estimate of drug-likeness (QED) is 0.603. The second-order valence-electron chi connectivity index (χ2n) is 2.59. The fourth-order valence-electron chi connectivity index (χ4n) is 0.941. The third kappa shape index (κ3) is 1.42. The summed E-state index contributed by atoms with van der Waals surface area (Å²) in [5.41, 5.74) is 7.02. The molecule has 0 bridgehead atoms. The SMILES string of the molecule is CC1=C(C)C(C(N)=O)OC=C1. The molecule has 0 aromatic carbocycles. The predicted octanol–water partition coefficient (Wildman–Crippen LogP) is 0.721. The maximum atomic E-state index is 10.7. The van der Waals surface area contributed by atoms with Crippen molar-refractivity contribution in [3.63, 3.8) is 0 Å². The molecule has 11 heavy (non-hydrogen) atoms. The van der Waals surface area contributed by atoms with Crippen LogP contribution in [0.15, 0.2) is 23.5 Å². The van der Waals surface area contributed by atoms with Crippen molar-refractivity contribution in [3.8, 4) is 0 Å². The summed E-state index contributed by atoms with van der Waals surface area (Å²) in [6.45, 7) is 3.76. The molecule has 2 N–H and O–H groups in total. The van der Waals surface area contributed by atoms with Crippen LogP contribution in [0.1, 0.15) is 13.8 Å². The summed E-state index contributed by atoms with van der Waals surface area (Å²) < 4.78 is 5.01. The Balaban J connectivity index is 2.89. The Morgan fingerprint density at radius 3 is 2.73 bits per heavy atom. The number of amides is 1. The molecule has 1 aliphatic heterocycles. The fraction of sp³-hybridized carbons (Fsp3) is 0.375. The lowest BCUT2D eigenvalue weighted by atomic mass is 10.0. The van der Waals surface area contributed by atoms with Crippen molar-refractivity contribution in [1.29, 1.82) is 0 Å². The molecule has 1 atom stereocenters. The van der Waals surface area contributed by atoms with Gasteiger partial charge in [-0.25, -0.2) is 0 Å². The zero-order valence-corrected chi connectivity index (χ0v) is 6.63. The van der Waals surface area contributed by atoms with Crippen molar-refractivity contribution in [2.24, 2.45) is 5.73 Å². The topological polar surface area (TPSA) is 52.3 Å². The molecule has 1 amide bonds. The lowest BCUT2D eigenvalue weighted by Gasteiger charge is -2.18. The van der Waals surface area contributed by atoms with Crippen molar-refractivity contribution in [2.75, 3.05) is 0 Å². The first-order valence-electron chi connectivity index (χ1n) is 3.41. The molecule has 0 saturated heterocycles. The van der Waals surface area contributed by atoms with Crippen molar-refractivity contribution in [2.45, 2.75) is 20.0 Å². The van der Waals surface area contributed by atoms with Gasteiger partial charge in [-0.1, -0.05) is 0 Å². The highest BCUT2D eigenvalue weighted by Gasteiger charge is 2.20. The lowest BCUT2D eigenvalue weighted by molar-refractivity contribution is -0.124. The summed E-state index contributed by atoms with van der Waals surface area (Å²) in [6.07, 6.45) is 2.74. The lowest BCUT2D eigenvalue weighted by Crippen LogP contribution is -2.32. The van der Waals surface area contributed by atoms with Gasteiger partial charge in [0, 0.05) is 0 Å². The first-order valence-corrected chi connectivity index (χ1v) is 3.41. The van der Waals surface area contributed by atoms with E-state index in [0.717, 1.165) is 11.1 Å². The van der Waals surface area contributed by atoms with Crippen LogP contribution in [0.5, 0.6) is 0 Å². The van der Waals surface area contributed by atoms with E-state index in [-0.39, 0.29) is 0 Å². The van der Waals surface area contributed by atoms with Gasteiger partial charge in [0.05, 0.1) is 6.26 Å². The zero-order chi connectivity index (χ0) is 8.43. The number of allylic oxidation sites excluding steroid dienone is 2. The number of hydrogen-bond donors (Lipinski definition) is 1. The molecule has 1 heterocycles. The molecular formula is C8H11NO2. The molecule has 3 heteroatoms. The Morgan fingerprint density at radius 2 is 2.27 bits per heavy atom. The minimum atomic E-state index is -0.569. The van der Waals surface area contributed by atoms with Gasteiger partial charge in [-0.3, -0.25) is 4.79 Å². The second-order valence-corrected chi connectivity index (χ2v) is 2.59. The van der Waals surface area contributed by atoms with E-state index in [4.69, 9.17) is 10.5 Å². The van der Waals surface area contributed by atoms with Gasteiger partial charge in [-0.15, -0.1) is 0 Å².